The largest absolute Gasteiger partial charge is 0.453 e. The summed E-state index contributed by atoms with van der Waals surface area (Å²) in [6.07, 6.45) is 0.0781. The Morgan fingerprint density at radius 1 is 1.35 bits per heavy atom. The van der Waals surface area contributed by atoms with E-state index in [1.165, 1.54) is 0 Å². The molecule has 90 valence electrons. The lowest BCUT2D eigenvalue weighted by Crippen LogP contribution is -2.25. The van der Waals surface area contributed by atoms with Crippen LogP contribution < -0.4 is 0 Å². The van der Waals surface area contributed by atoms with Crippen molar-refractivity contribution in [2.45, 2.75) is 33.3 Å². The zero-order valence-corrected chi connectivity index (χ0v) is 10.3. The maximum atomic E-state index is 11.7. The summed E-state index contributed by atoms with van der Waals surface area (Å²) in [7, 11) is 0. The number of benzene rings is 1. The molecule has 1 heterocycles. The summed E-state index contributed by atoms with van der Waals surface area (Å²) in [4.78, 5) is 23.0. The van der Waals surface area contributed by atoms with Crippen LogP contribution in [0, 0.1) is 5.41 Å². The molecule has 0 aromatic heterocycles. The Labute approximate surface area is 101 Å². The van der Waals surface area contributed by atoms with Crippen LogP contribution in [0.5, 0.6) is 0 Å². The Morgan fingerprint density at radius 2 is 2.00 bits per heavy atom. The molecule has 0 spiro atoms. The number of esters is 1. The molecule has 1 atom stereocenters. The second-order valence-electron chi connectivity index (χ2n) is 5.24. The molecular formula is C14H16O3. The van der Waals surface area contributed by atoms with E-state index in [0.717, 1.165) is 5.56 Å². The molecule has 0 bridgehead atoms. The maximum Gasteiger partial charge on any atom is 0.339 e. The quantitative estimate of drug-likeness (QED) is 0.752. The highest BCUT2D eigenvalue weighted by Gasteiger charge is 2.41. The summed E-state index contributed by atoms with van der Waals surface area (Å²) in [6, 6.07) is 7.37. The van der Waals surface area contributed by atoms with E-state index in [1.54, 1.807) is 13.0 Å². The van der Waals surface area contributed by atoms with Crippen molar-refractivity contribution in [1.82, 2.24) is 0 Å². The average Bonchev–Trinajstić information content (AvgIpc) is 2.56. The molecule has 0 amide bonds. The van der Waals surface area contributed by atoms with Gasteiger partial charge in [0.2, 0.25) is 0 Å². The van der Waals surface area contributed by atoms with Crippen molar-refractivity contribution < 1.29 is 14.3 Å². The van der Waals surface area contributed by atoms with Gasteiger partial charge in [0.05, 0.1) is 5.56 Å². The van der Waals surface area contributed by atoms with Crippen molar-refractivity contribution in [3.8, 4) is 0 Å². The number of carbonyl (C=O) groups is 2. The third-order valence-corrected chi connectivity index (χ3v) is 3.10. The zero-order valence-electron chi connectivity index (χ0n) is 10.3. The van der Waals surface area contributed by atoms with E-state index in [2.05, 4.69) is 0 Å². The molecule has 17 heavy (non-hydrogen) atoms. The molecule has 3 heteroatoms. The molecule has 0 fully saturated rings. The summed E-state index contributed by atoms with van der Waals surface area (Å²) in [5.74, 6) is -0.183. The van der Waals surface area contributed by atoms with Gasteiger partial charge in [-0.2, -0.15) is 0 Å². The molecule has 3 nitrogen and oxygen atoms in total. The number of hydrogen-bond donors (Lipinski definition) is 0. The molecule has 2 rings (SSSR count). The summed E-state index contributed by atoms with van der Waals surface area (Å²) in [6.45, 7) is 5.47. The maximum absolute atomic E-state index is 11.7. The highest BCUT2D eigenvalue weighted by atomic mass is 16.5. The van der Waals surface area contributed by atoms with Crippen molar-refractivity contribution >= 4 is 11.8 Å². The number of ether oxygens (including phenoxy) is 1. The van der Waals surface area contributed by atoms with Gasteiger partial charge in [0.25, 0.3) is 0 Å². The smallest absolute Gasteiger partial charge is 0.339 e. The predicted octanol–water partition coefficient (Wildman–Crippen LogP) is 2.90. The van der Waals surface area contributed by atoms with E-state index < -0.39 is 0 Å². The molecule has 1 aromatic carbocycles. The monoisotopic (exact) mass is 232 g/mol. The Hall–Kier alpha value is -1.64. The molecule has 0 saturated heterocycles. The predicted molar refractivity (Wildman–Crippen MR) is 63.7 cm³/mol. The average molecular weight is 232 g/mol. The highest BCUT2D eigenvalue weighted by molar-refractivity contribution is 5.94. The first kappa shape index (κ1) is 11.8. The molecule has 0 saturated carbocycles. The topological polar surface area (TPSA) is 43.4 Å². The van der Waals surface area contributed by atoms with Gasteiger partial charge in [-0.05, 0) is 13.0 Å². The fraction of sp³-hybridized carbons (Fsp3) is 0.429. The lowest BCUT2D eigenvalue weighted by molar-refractivity contribution is -0.120. The summed E-state index contributed by atoms with van der Waals surface area (Å²) in [5, 5.41) is 0. The van der Waals surface area contributed by atoms with Crippen LogP contribution in [0.25, 0.3) is 0 Å². The number of Topliss-reactive ketones (excluding diaryl/α,β-unsaturated/α-hetero) is 1. The number of hydrogen-bond acceptors (Lipinski definition) is 3. The van der Waals surface area contributed by atoms with Gasteiger partial charge in [0, 0.05) is 17.4 Å². The van der Waals surface area contributed by atoms with Gasteiger partial charge in [-0.1, -0.05) is 32.0 Å². The fourth-order valence-corrected chi connectivity index (χ4v) is 2.46. The number of carbonyl (C=O) groups excluding carboxylic acids is 2. The Kier molecular flexibility index (Phi) is 2.77. The van der Waals surface area contributed by atoms with Crippen molar-refractivity contribution in [1.29, 1.82) is 0 Å². The minimum atomic E-state index is -0.367. The van der Waals surface area contributed by atoms with E-state index in [0.29, 0.717) is 12.0 Å². The van der Waals surface area contributed by atoms with Gasteiger partial charge in [-0.3, -0.25) is 0 Å². The summed E-state index contributed by atoms with van der Waals surface area (Å²) in [5.41, 5.74) is 1.14. The highest BCUT2D eigenvalue weighted by Crippen LogP contribution is 2.44. The minimum absolute atomic E-state index is 0.107. The number of cyclic esters (lactones) is 1. The lowest BCUT2D eigenvalue weighted by Gasteiger charge is -2.29. The zero-order chi connectivity index (χ0) is 12.6. The van der Waals surface area contributed by atoms with Crippen LogP contribution in [0.2, 0.25) is 0 Å². The Morgan fingerprint density at radius 3 is 2.65 bits per heavy atom. The van der Waals surface area contributed by atoms with E-state index in [4.69, 9.17) is 4.74 Å². The van der Waals surface area contributed by atoms with E-state index in [-0.39, 0.29) is 23.3 Å². The fourth-order valence-electron chi connectivity index (χ4n) is 2.46. The van der Waals surface area contributed by atoms with Crippen LogP contribution in [0.1, 0.15) is 49.2 Å². The van der Waals surface area contributed by atoms with Gasteiger partial charge >= 0.3 is 5.97 Å². The molecule has 1 aromatic rings. The van der Waals surface area contributed by atoms with Crippen molar-refractivity contribution in [2.24, 2.45) is 5.41 Å². The molecule has 0 N–H and O–H groups in total. The number of ketones is 1. The normalized spacial score (nSPS) is 18.8. The molecule has 0 radical (unpaired) electrons. The van der Waals surface area contributed by atoms with E-state index in [1.807, 2.05) is 32.0 Å². The van der Waals surface area contributed by atoms with Crippen LogP contribution in [0.3, 0.4) is 0 Å². The SMILES string of the molecule is CC(=O)CC(C)(C)C1OC(=O)c2ccccc21. The first-order valence-electron chi connectivity index (χ1n) is 5.71. The van der Waals surface area contributed by atoms with Gasteiger partial charge in [-0.25, -0.2) is 4.79 Å². The first-order chi connectivity index (χ1) is 7.92. The van der Waals surface area contributed by atoms with Crippen molar-refractivity contribution in [3.05, 3.63) is 35.4 Å². The second-order valence-corrected chi connectivity index (χ2v) is 5.24. The molecular weight excluding hydrogens is 216 g/mol. The van der Waals surface area contributed by atoms with Crippen LogP contribution >= 0.6 is 0 Å². The van der Waals surface area contributed by atoms with Gasteiger partial charge in [0.15, 0.2) is 0 Å². The third kappa shape index (κ3) is 2.09. The second kappa shape index (κ2) is 3.99. The Bertz CT molecular complexity index is 474. The number of fused-ring (bicyclic) bond motifs is 1. The minimum Gasteiger partial charge on any atom is -0.453 e. The van der Waals surface area contributed by atoms with Crippen LogP contribution in [-0.4, -0.2) is 11.8 Å². The molecule has 1 unspecified atom stereocenters. The molecule has 0 aliphatic carbocycles. The van der Waals surface area contributed by atoms with Crippen LogP contribution in [-0.2, 0) is 9.53 Å². The summed E-state index contributed by atoms with van der Waals surface area (Å²) >= 11 is 0. The van der Waals surface area contributed by atoms with E-state index >= 15 is 0 Å². The van der Waals surface area contributed by atoms with Gasteiger partial charge < -0.3 is 9.53 Å². The standard InChI is InChI=1S/C14H16O3/c1-9(15)8-14(2,3)12-10-6-4-5-7-11(10)13(16)17-12/h4-7,12H,8H2,1-3H3. The van der Waals surface area contributed by atoms with E-state index in [9.17, 15) is 9.59 Å². The third-order valence-electron chi connectivity index (χ3n) is 3.10. The van der Waals surface area contributed by atoms with Crippen molar-refractivity contribution in [3.63, 3.8) is 0 Å². The number of rotatable bonds is 3. The van der Waals surface area contributed by atoms with Gasteiger partial charge in [0.1, 0.15) is 11.9 Å². The Balaban J connectivity index is 2.37. The van der Waals surface area contributed by atoms with Crippen LogP contribution in [0.4, 0.5) is 0 Å². The first-order valence-corrected chi connectivity index (χ1v) is 5.71. The molecule has 1 aliphatic rings. The molecule has 1 aliphatic heterocycles. The van der Waals surface area contributed by atoms with Crippen LogP contribution in [0.15, 0.2) is 24.3 Å². The van der Waals surface area contributed by atoms with Gasteiger partial charge in [-0.15, -0.1) is 0 Å². The van der Waals surface area contributed by atoms with Crippen molar-refractivity contribution in [2.75, 3.05) is 0 Å². The lowest BCUT2D eigenvalue weighted by atomic mass is 9.78. The summed E-state index contributed by atoms with van der Waals surface area (Å²) < 4.78 is 5.41.